The van der Waals surface area contributed by atoms with E-state index in [9.17, 15) is 9.59 Å². The molecule has 148 valence electrons. The Bertz CT molecular complexity index is 1010. The van der Waals surface area contributed by atoms with Gasteiger partial charge in [0.25, 0.3) is 5.91 Å². The molecule has 2 aromatic heterocycles. The Balaban J connectivity index is 1.90. The molecular formula is C21H26N4O3. The smallest absolute Gasteiger partial charge is 0.408 e. The van der Waals surface area contributed by atoms with Gasteiger partial charge in [0.1, 0.15) is 11.6 Å². The van der Waals surface area contributed by atoms with Crippen LogP contribution < -0.4 is 5.32 Å². The fraction of sp³-hybridized carbons (Fsp3) is 0.381. The minimum atomic E-state index is -0.813. The number of carbonyl (C=O) groups excluding carboxylic acids is 2. The number of aryl methyl sites for hydroxylation is 2. The maximum Gasteiger partial charge on any atom is 0.408 e. The predicted octanol–water partition coefficient (Wildman–Crippen LogP) is 3.76. The third-order valence-corrected chi connectivity index (χ3v) is 4.31. The monoisotopic (exact) mass is 382 g/mol. The lowest BCUT2D eigenvalue weighted by Crippen LogP contribution is -2.47. The molecule has 7 nitrogen and oxygen atoms in total. The van der Waals surface area contributed by atoms with Crippen LogP contribution in [0.5, 0.6) is 0 Å². The molecule has 0 radical (unpaired) electrons. The Labute approximate surface area is 164 Å². The van der Waals surface area contributed by atoms with Gasteiger partial charge in [-0.05, 0) is 52.3 Å². The van der Waals surface area contributed by atoms with Crippen molar-refractivity contribution in [3.63, 3.8) is 0 Å². The molecule has 1 amide bonds. The van der Waals surface area contributed by atoms with Gasteiger partial charge in [-0.3, -0.25) is 4.79 Å². The van der Waals surface area contributed by atoms with Crippen molar-refractivity contribution in [1.82, 2.24) is 20.1 Å². The number of benzene rings is 1. The summed E-state index contributed by atoms with van der Waals surface area (Å²) in [6.45, 7) is 8.99. The molecule has 0 fully saturated rings. The first-order valence-corrected chi connectivity index (χ1v) is 9.26. The van der Waals surface area contributed by atoms with Crippen LogP contribution >= 0.6 is 0 Å². The molecule has 0 saturated heterocycles. The van der Waals surface area contributed by atoms with E-state index >= 15 is 0 Å². The molecule has 3 rings (SSSR count). The molecule has 7 heteroatoms. The maximum atomic E-state index is 13.2. The third-order valence-electron chi connectivity index (χ3n) is 4.31. The summed E-state index contributed by atoms with van der Waals surface area (Å²) in [5.74, 6) is -0.304. The molecule has 1 aromatic carbocycles. The zero-order valence-electron chi connectivity index (χ0n) is 16.9. The molecule has 2 heterocycles. The van der Waals surface area contributed by atoms with Crippen LogP contribution in [0.4, 0.5) is 4.79 Å². The van der Waals surface area contributed by atoms with E-state index in [-0.39, 0.29) is 5.91 Å². The highest BCUT2D eigenvalue weighted by Gasteiger charge is 2.28. The molecule has 0 bridgehead atoms. The minimum Gasteiger partial charge on any atom is -0.444 e. The zero-order chi connectivity index (χ0) is 20.5. The van der Waals surface area contributed by atoms with Crippen LogP contribution in [0.1, 0.15) is 42.5 Å². The van der Waals surface area contributed by atoms with Crippen molar-refractivity contribution < 1.29 is 14.3 Å². The average Bonchev–Trinajstić information content (AvgIpc) is 3.15. The summed E-state index contributed by atoms with van der Waals surface area (Å²) in [6.07, 6.45) is 1.55. The van der Waals surface area contributed by atoms with Gasteiger partial charge in [-0.15, -0.1) is 0 Å². The van der Waals surface area contributed by atoms with E-state index in [1.54, 1.807) is 20.8 Å². The fourth-order valence-corrected chi connectivity index (χ4v) is 3.17. The van der Waals surface area contributed by atoms with Crippen molar-refractivity contribution in [3.8, 4) is 0 Å². The number of hydrogen-bond donors (Lipinski definition) is 2. The maximum absolute atomic E-state index is 13.2. The highest BCUT2D eigenvalue weighted by molar-refractivity contribution is 5.89. The summed E-state index contributed by atoms with van der Waals surface area (Å²) in [5, 5.41) is 8.01. The predicted molar refractivity (Wildman–Crippen MR) is 107 cm³/mol. The van der Waals surface area contributed by atoms with E-state index in [0.717, 1.165) is 27.9 Å². The highest BCUT2D eigenvalue weighted by Crippen LogP contribution is 2.20. The number of hydrogen-bond acceptors (Lipinski definition) is 4. The summed E-state index contributed by atoms with van der Waals surface area (Å²) in [6, 6.07) is 8.86. The number of para-hydroxylation sites is 1. The van der Waals surface area contributed by atoms with E-state index in [1.165, 1.54) is 4.68 Å². The lowest BCUT2D eigenvalue weighted by atomic mass is 10.0. The van der Waals surface area contributed by atoms with Gasteiger partial charge in [-0.1, -0.05) is 18.2 Å². The summed E-state index contributed by atoms with van der Waals surface area (Å²) < 4.78 is 6.70. The van der Waals surface area contributed by atoms with Crippen molar-refractivity contribution in [2.24, 2.45) is 0 Å². The minimum absolute atomic E-state index is 0.304. The van der Waals surface area contributed by atoms with Gasteiger partial charge < -0.3 is 15.0 Å². The molecule has 0 aliphatic rings. The first-order valence-electron chi connectivity index (χ1n) is 9.26. The normalized spacial score (nSPS) is 12.8. The van der Waals surface area contributed by atoms with Gasteiger partial charge in [0.15, 0.2) is 0 Å². The Hall–Kier alpha value is -3.09. The number of ether oxygens (including phenoxy) is 1. The molecule has 0 aliphatic heterocycles. The van der Waals surface area contributed by atoms with Gasteiger partial charge in [0, 0.05) is 29.2 Å². The van der Waals surface area contributed by atoms with Crippen LogP contribution in [-0.2, 0) is 11.2 Å². The van der Waals surface area contributed by atoms with E-state index in [1.807, 2.05) is 50.4 Å². The molecular weight excluding hydrogens is 356 g/mol. The van der Waals surface area contributed by atoms with Crippen LogP contribution in [0.3, 0.4) is 0 Å². The van der Waals surface area contributed by atoms with Crippen LogP contribution in [0.15, 0.2) is 36.5 Å². The zero-order valence-corrected chi connectivity index (χ0v) is 16.9. The topological polar surface area (TPSA) is 89.0 Å². The van der Waals surface area contributed by atoms with Crippen molar-refractivity contribution in [2.75, 3.05) is 0 Å². The van der Waals surface area contributed by atoms with E-state index in [4.69, 9.17) is 4.74 Å². The molecule has 1 atom stereocenters. The van der Waals surface area contributed by atoms with Gasteiger partial charge in [0.2, 0.25) is 0 Å². The Morgan fingerprint density at radius 2 is 1.96 bits per heavy atom. The number of amides is 1. The number of aromatic nitrogens is 3. The average molecular weight is 382 g/mol. The number of alkyl carbamates (subject to hydrolysis) is 1. The number of fused-ring (bicyclic) bond motifs is 1. The summed E-state index contributed by atoms with van der Waals surface area (Å²) in [4.78, 5) is 28.7. The van der Waals surface area contributed by atoms with Gasteiger partial charge in [-0.25, -0.2) is 9.48 Å². The molecule has 2 N–H and O–H groups in total. The SMILES string of the molecule is Cc1cc(C)n(C(=O)[C@H](Cc2c[nH]c3ccccc23)NC(=O)OC(C)(C)C)n1. The quantitative estimate of drug-likeness (QED) is 0.719. The van der Waals surface area contributed by atoms with Gasteiger partial charge >= 0.3 is 6.09 Å². The lowest BCUT2D eigenvalue weighted by molar-refractivity contribution is 0.0480. The second kappa shape index (κ2) is 7.50. The van der Waals surface area contributed by atoms with Crippen molar-refractivity contribution in [2.45, 2.75) is 52.7 Å². The van der Waals surface area contributed by atoms with Gasteiger partial charge in [-0.2, -0.15) is 5.10 Å². The second-order valence-electron chi connectivity index (χ2n) is 7.94. The fourth-order valence-electron chi connectivity index (χ4n) is 3.17. The first-order chi connectivity index (χ1) is 13.1. The largest absolute Gasteiger partial charge is 0.444 e. The molecule has 0 unspecified atom stereocenters. The van der Waals surface area contributed by atoms with E-state index < -0.39 is 17.7 Å². The molecule has 28 heavy (non-hydrogen) atoms. The van der Waals surface area contributed by atoms with Crippen LogP contribution in [0.2, 0.25) is 0 Å². The lowest BCUT2D eigenvalue weighted by Gasteiger charge is -2.23. The number of nitrogens with one attached hydrogen (secondary N) is 2. The van der Waals surface area contributed by atoms with Crippen molar-refractivity contribution >= 4 is 22.9 Å². The van der Waals surface area contributed by atoms with Crippen molar-refractivity contribution in [1.29, 1.82) is 0 Å². The van der Waals surface area contributed by atoms with E-state index in [2.05, 4.69) is 15.4 Å². The Morgan fingerprint density at radius 1 is 1.25 bits per heavy atom. The summed E-state index contributed by atoms with van der Waals surface area (Å²) >= 11 is 0. The Morgan fingerprint density at radius 3 is 2.61 bits per heavy atom. The molecule has 3 aromatic rings. The number of nitrogens with zero attached hydrogens (tertiary/aromatic N) is 2. The highest BCUT2D eigenvalue weighted by atomic mass is 16.6. The summed E-state index contributed by atoms with van der Waals surface area (Å²) in [7, 11) is 0. The number of H-pyrrole nitrogens is 1. The van der Waals surface area contributed by atoms with E-state index in [0.29, 0.717) is 6.42 Å². The van der Waals surface area contributed by atoms with Crippen LogP contribution in [-0.4, -0.2) is 38.4 Å². The Kier molecular flexibility index (Phi) is 5.27. The number of rotatable bonds is 4. The summed E-state index contributed by atoms with van der Waals surface area (Å²) in [5.41, 5.74) is 2.72. The molecule has 0 spiro atoms. The van der Waals surface area contributed by atoms with Gasteiger partial charge in [0.05, 0.1) is 5.69 Å². The standard InChI is InChI=1S/C21H26N4O3/c1-13-10-14(2)25(24-13)19(26)18(23-20(27)28-21(3,4)5)11-15-12-22-17-9-7-6-8-16(15)17/h6-10,12,18,22H,11H2,1-5H3,(H,23,27)/t18-/m0/s1. The van der Waals surface area contributed by atoms with Crippen molar-refractivity contribution in [3.05, 3.63) is 53.5 Å². The van der Waals surface area contributed by atoms with Crippen LogP contribution in [0.25, 0.3) is 10.9 Å². The molecule has 0 saturated carbocycles. The van der Waals surface area contributed by atoms with Crippen LogP contribution in [0, 0.1) is 13.8 Å². The second-order valence-corrected chi connectivity index (χ2v) is 7.94. The number of aromatic amines is 1. The first kappa shape index (κ1) is 19.7. The number of carbonyl (C=O) groups is 2. The molecule has 0 aliphatic carbocycles. The third kappa shape index (κ3) is 4.42.